The molecule has 0 aliphatic carbocycles. The standard InChI is InChI=1S/C12H21N3S/c1-9(2)4-5-16-12-14-7-11(8-15-12)6-10(3)13/h7-10H,4-6,13H2,1-3H3. The minimum absolute atomic E-state index is 0.169. The van der Waals surface area contributed by atoms with Crippen molar-refractivity contribution in [1.29, 1.82) is 0 Å². The molecule has 1 aromatic heterocycles. The van der Waals surface area contributed by atoms with Gasteiger partial charge in [0, 0.05) is 24.2 Å². The van der Waals surface area contributed by atoms with Crippen LogP contribution in [0, 0.1) is 5.92 Å². The first-order chi connectivity index (χ1) is 7.58. The molecule has 1 aromatic rings. The molecule has 2 N–H and O–H groups in total. The van der Waals surface area contributed by atoms with Crippen LogP contribution in [0.25, 0.3) is 0 Å². The summed E-state index contributed by atoms with van der Waals surface area (Å²) in [7, 11) is 0. The molecule has 90 valence electrons. The van der Waals surface area contributed by atoms with Gasteiger partial charge in [-0.05, 0) is 31.2 Å². The maximum atomic E-state index is 5.72. The van der Waals surface area contributed by atoms with Gasteiger partial charge in [0.05, 0.1) is 0 Å². The first-order valence-electron chi connectivity index (χ1n) is 5.77. The molecule has 16 heavy (non-hydrogen) atoms. The Kier molecular flexibility index (Phi) is 5.77. The molecule has 0 aliphatic heterocycles. The largest absolute Gasteiger partial charge is 0.328 e. The van der Waals surface area contributed by atoms with Crippen molar-refractivity contribution in [1.82, 2.24) is 9.97 Å². The Morgan fingerprint density at radius 1 is 1.25 bits per heavy atom. The van der Waals surface area contributed by atoms with Gasteiger partial charge in [0.15, 0.2) is 5.16 Å². The van der Waals surface area contributed by atoms with Crippen LogP contribution in [-0.2, 0) is 6.42 Å². The molecule has 0 fully saturated rings. The third-order valence-corrected chi connectivity index (χ3v) is 3.07. The average molecular weight is 239 g/mol. The normalized spacial score (nSPS) is 13.1. The summed E-state index contributed by atoms with van der Waals surface area (Å²) in [5.74, 6) is 1.83. The summed E-state index contributed by atoms with van der Waals surface area (Å²) < 4.78 is 0. The van der Waals surface area contributed by atoms with Gasteiger partial charge in [-0.1, -0.05) is 25.6 Å². The van der Waals surface area contributed by atoms with Crippen LogP contribution >= 0.6 is 11.8 Å². The molecule has 0 saturated carbocycles. The van der Waals surface area contributed by atoms with Crippen LogP contribution in [0.4, 0.5) is 0 Å². The van der Waals surface area contributed by atoms with Crippen molar-refractivity contribution in [3.05, 3.63) is 18.0 Å². The Labute approximate surface area is 102 Å². The lowest BCUT2D eigenvalue weighted by molar-refractivity contribution is 0.631. The number of hydrogen-bond acceptors (Lipinski definition) is 4. The molecule has 0 amide bonds. The summed E-state index contributed by atoms with van der Waals surface area (Å²) in [6.07, 6.45) is 5.81. The van der Waals surface area contributed by atoms with E-state index < -0.39 is 0 Å². The number of aromatic nitrogens is 2. The van der Waals surface area contributed by atoms with E-state index in [0.717, 1.165) is 28.8 Å². The van der Waals surface area contributed by atoms with E-state index in [-0.39, 0.29) is 6.04 Å². The highest BCUT2D eigenvalue weighted by atomic mass is 32.2. The maximum absolute atomic E-state index is 5.72. The minimum atomic E-state index is 0.169. The molecule has 1 unspecified atom stereocenters. The summed E-state index contributed by atoms with van der Waals surface area (Å²) >= 11 is 1.72. The van der Waals surface area contributed by atoms with E-state index in [4.69, 9.17) is 5.73 Å². The Morgan fingerprint density at radius 2 is 1.88 bits per heavy atom. The minimum Gasteiger partial charge on any atom is -0.328 e. The maximum Gasteiger partial charge on any atom is 0.187 e. The molecule has 3 nitrogen and oxygen atoms in total. The second kappa shape index (κ2) is 6.86. The van der Waals surface area contributed by atoms with Gasteiger partial charge < -0.3 is 5.73 Å². The zero-order valence-corrected chi connectivity index (χ0v) is 11.1. The number of nitrogens with two attached hydrogens (primary N) is 1. The lowest BCUT2D eigenvalue weighted by Gasteiger charge is -2.05. The monoisotopic (exact) mass is 239 g/mol. The van der Waals surface area contributed by atoms with Gasteiger partial charge in [-0.2, -0.15) is 0 Å². The van der Waals surface area contributed by atoms with E-state index in [1.807, 2.05) is 19.3 Å². The second-order valence-electron chi connectivity index (χ2n) is 4.59. The fraction of sp³-hybridized carbons (Fsp3) is 0.667. The van der Waals surface area contributed by atoms with Gasteiger partial charge in [-0.25, -0.2) is 9.97 Å². The second-order valence-corrected chi connectivity index (χ2v) is 5.65. The van der Waals surface area contributed by atoms with Gasteiger partial charge in [-0.15, -0.1) is 0 Å². The van der Waals surface area contributed by atoms with Gasteiger partial charge in [0.2, 0.25) is 0 Å². The Balaban J connectivity index is 2.39. The molecule has 1 heterocycles. The zero-order valence-electron chi connectivity index (χ0n) is 10.3. The number of nitrogens with zero attached hydrogens (tertiary/aromatic N) is 2. The van der Waals surface area contributed by atoms with Gasteiger partial charge >= 0.3 is 0 Å². The van der Waals surface area contributed by atoms with Crippen LogP contribution in [0.5, 0.6) is 0 Å². The van der Waals surface area contributed by atoms with Gasteiger partial charge in [0.1, 0.15) is 0 Å². The molecule has 0 spiro atoms. The summed E-state index contributed by atoms with van der Waals surface area (Å²) in [4.78, 5) is 8.65. The lowest BCUT2D eigenvalue weighted by Crippen LogP contribution is -2.18. The van der Waals surface area contributed by atoms with Gasteiger partial charge in [0.25, 0.3) is 0 Å². The Morgan fingerprint density at radius 3 is 2.38 bits per heavy atom. The third kappa shape index (κ3) is 5.47. The van der Waals surface area contributed by atoms with Crippen molar-refractivity contribution in [2.24, 2.45) is 11.7 Å². The predicted octanol–water partition coefficient (Wildman–Crippen LogP) is 2.50. The van der Waals surface area contributed by atoms with Crippen LogP contribution in [0.15, 0.2) is 17.6 Å². The Bertz CT molecular complexity index is 296. The van der Waals surface area contributed by atoms with Crippen LogP contribution in [-0.4, -0.2) is 21.8 Å². The fourth-order valence-electron chi connectivity index (χ4n) is 1.28. The van der Waals surface area contributed by atoms with Crippen LogP contribution in [0.3, 0.4) is 0 Å². The SMILES string of the molecule is CC(C)CCSc1ncc(CC(C)N)cn1. The van der Waals surface area contributed by atoms with Crippen molar-refractivity contribution in [2.45, 2.75) is 44.8 Å². The predicted molar refractivity (Wildman–Crippen MR) is 69.6 cm³/mol. The van der Waals surface area contributed by atoms with Crippen LogP contribution in [0.2, 0.25) is 0 Å². The first kappa shape index (κ1) is 13.5. The van der Waals surface area contributed by atoms with E-state index >= 15 is 0 Å². The summed E-state index contributed by atoms with van der Waals surface area (Å²) in [6.45, 7) is 6.45. The molecule has 0 radical (unpaired) electrons. The molecule has 0 aromatic carbocycles. The lowest BCUT2D eigenvalue weighted by atomic mass is 10.1. The molecular weight excluding hydrogens is 218 g/mol. The van der Waals surface area contributed by atoms with Crippen molar-refractivity contribution < 1.29 is 0 Å². The average Bonchev–Trinajstić information content (AvgIpc) is 2.19. The third-order valence-electron chi connectivity index (χ3n) is 2.17. The highest BCUT2D eigenvalue weighted by Crippen LogP contribution is 2.16. The van der Waals surface area contributed by atoms with Crippen molar-refractivity contribution in [3.63, 3.8) is 0 Å². The molecule has 0 bridgehead atoms. The number of hydrogen-bond donors (Lipinski definition) is 1. The molecular formula is C12H21N3S. The highest BCUT2D eigenvalue weighted by molar-refractivity contribution is 7.99. The summed E-state index contributed by atoms with van der Waals surface area (Å²) in [6, 6.07) is 0.169. The van der Waals surface area contributed by atoms with Crippen LogP contribution < -0.4 is 5.73 Å². The number of rotatable bonds is 6. The molecule has 0 saturated heterocycles. The summed E-state index contributed by atoms with van der Waals surface area (Å²) in [5.41, 5.74) is 6.83. The number of thioether (sulfide) groups is 1. The fourth-order valence-corrected chi connectivity index (χ4v) is 2.31. The van der Waals surface area contributed by atoms with Crippen molar-refractivity contribution in [2.75, 3.05) is 5.75 Å². The molecule has 4 heteroatoms. The quantitative estimate of drug-likeness (QED) is 0.612. The van der Waals surface area contributed by atoms with Crippen molar-refractivity contribution in [3.8, 4) is 0 Å². The van der Waals surface area contributed by atoms with E-state index in [0.29, 0.717) is 0 Å². The smallest absolute Gasteiger partial charge is 0.187 e. The zero-order chi connectivity index (χ0) is 12.0. The topological polar surface area (TPSA) is 51.8 Å². The van der Waals surface area contributed by atoms with Crippen LogP contribution in [0.1, 0.15) is 32.8 Å². The van der Waals surface area contributed by atoms with E-state index in [1.54, 1.807) is 11.8 Å². The Hall–Kier alpha value is -0.610. The first-order valence-corrected chi connectivity index (χ1v) is 6.75. The highest BCUT2D eigenvalue weighted by Gasteiger charge is 2.02. The van der Waals surface area contributed by atoms with Gasteiger partial charge in [-0.3, -0.25) is 0 Å². The molecule has 1 atom stereocenters. The molecule has 0 aliphatic rings. The molecule has 1 rings (SSSR count). The van der Waals surface area contributed by atoms with E-state index in [9.17, 15) is 0 Å². The van der Waals surface area contributed by atoms with E-state index in [1.165, 1.54) is 6.42 Å². The summed E-state index contributed by atoms with van der Waals surface area (Å²) in [5, 5.41) is 0.870. The van der Waals surface area contributed by atoms with Crippen molar-refractivity contribution >= 4 is 11.8 Å². The van der Waals surface area contributed by atoms with E-state index in [2.05, 4.69) is 23.8 Å².